The fraction of sp³-hybridized carbons (Fsp3) is 0.0980. The molecule has 7 aromatic rings. The van der Waals surface area contributed by atoms with Gasteiger partial charge in [0.1, 0.15) is 0 Å². The van der Waals surface area contributed by atoms with Crippen molar-refractivity contribution >= 4 is 74.7 Å². The molecule has 1 heterocycles. The van der Waals surface area contributed by atoms with Crippen LogP contribution in [0.4, 0.5) is 39.8 Å². The highest BCUT2D eigenvalue weighted by Crippen LogP contribution is 2.41. The second kappa shape index (κ2) is 15.8. The fourth-order valence-electron chi connectivity index (χ4n) is 7.79. The van der Waals surface area contributed by atoms with Gasteiger partial charge in [-0.2, -0.15) is 10.5 Å². The topological polar surface area (TPSA) is 138 Å². The standard InChI is InChI=1S/C51H38N6O4/c1-32-5-26-44-47-45(28-27-43(46(32)47)48(59)54-31-58)50(61)57(49(44)60)42-24-22-41(23-25-42)56(37-14-8-34(30-53)9-15-37)40-20-18-39(19-21-40)55(36-12-6-33(29-52)7-13-36)38-16-10-35(11-17-38)51(2,3)4/h5-28,31H,1-4H3,(H,54,58,59). The summed E-state index contributed by atoms with van der Waals surface area (Å²) in [7, 11) is 0. The number of benzene rings is 7. The number of nitriles is 2. The third kappa shape index (κ3) is 7.24. The summed E-state index contributed by atoms with van der Waals surface area (Å²) in [5.41, 5.74) is 9.04. The average Bonchev–Trinajstić information content (AvgIpc) is 3.27. The van der Waals surface area contributed by atoms with Crippen molar-refractivity contribution in [3.63, 3.8) is 0 Å². The summed E-state index contributed by atoms with van der Waals surface area (Å²) in [6.07, 6.45) is 0.299. The van der Waals surface area contributed by atoms with E-state index in [2.05, 4.69) is 67.4 Å². The zero-order valence-corrected chi connectivity index (χ0v) is 33.8. The minimum absolute atomic E-state index is 0.0192. The van der Waals surface area contributed by atoms with Crippen molar-refractivity contribution in [3.8, 4) is 12.1 Å². The number of nitrogens with zero attached hydrogens (tertiary/aromatic N) is 5. The lowest BCUT2D eigenvalue weighted by Gasteiger charge is -2.30. The van der Waals surface area contributed by atoms with Gasteiger partial charge in [-0.25, -0.2) is 4.90 Å². The number of carbonyl (C=O) groups is 4. The number of hydrogen-bond donors (Lipinski definition) is 1. The molecule has 0 unspecified atom stereocenters. The van der Waals surface area contributed by atoms with Gasteiger partial charge in [-0.15, -0.1) is 0 Å². The number of rotatable bonds is 9. The van der Waals surface area contributed by atoms with Gasteiger partial charge in [-0.3, -0.25) is 24.5 Å². The van der Waals surface area contributed by atoms with Crippen LogP contribution in [0.15, 0.2) is 146 Å². The molecule has 0 aromatic heterocycles. The van der Waals surface area contributed by atoms with Gasteiger partial charge in [-0.1, -0.05) is 39.0 Å². The molecule has 1 N–H and O–H groups in total. The van der Waals surface area contributed by atoms with Gasteiger partial charge in [0, 0.05) is 56.2 Å². The molecule has 61 heavy (non-hydrogen) atoms. The summed E-state index contributed by atoms with van der Waals surface area (Å²) >= 11 is 0. The van der Waals surface area contributed by atoms with Crippen LogP contribution in [0.5, 0.6) is 0 Å². The van der Waals surface area contributed by atoms with Gasteiger partial charge < -0.3 is 9.80 Å². The van der Waals surface area contributed by atoms with Crippen LogP contribution in [-0.2, 0) is 10.2 Å². The summed E-state index contributed by atoms with van der Waals surface area (Å²) < 4.78 is 0. The number of anilines is 7. The number of amides is 4. The first-order valence-electron chi connectivity index (χ1n) is 19.5. The predicted molar refractivity (Wildman–Crippen MR) is 237 cm³/mol. The summed E-state index contributed by atoms with van der Waals surface area (Å²) in [6.45, 7) is 8.32. The number of carbonyl (C=O) groups excluding carboxylic acids is 4. The summed E-state index contributed by atoms with van der Waals surface area (Å²) in [6, 6.07) is 49.0. The van der Waals surface area contributed by atoms with E-state index in [0.717, 1.165) is 39.0 Å². The number of nitrogens with one attached hydrogen (secondary N) is 1. The number of imide groups is 2. The molecule has 10 nitrogen and oxygen atoms in total. The zero-order chi connectivity index (χ0) is 43.0. The third-order valence-corrected chi connectivity index (χ3v) is 10.9. The lowest BCUT2D eigenvalue weighted by Crippen LogP contribution is -2.40. The Bertz CT molecular complexity index is 2930. The van der Waals surface area contributed by atoms with Crippen molar-refractivity contribution in [3.05, 3.63) is 185 Å². The van der Waals surface area contributed by atoms with Crippen LogP contribution in [0.2, 0.25) is 0 Å². The smallest absolute Gasteiger partial charge is 0.265 e. The third-order valence-electron chi connectivity index (χ3n) is 10.9. The van der Waals surface area contributed by atoms with E-state index in [1.807, 2.05) is 65.6 Å². The molecule has 4 amide bonds. The number of aryl methyl sites for hydroxylation is 1. The summed E-state index contributed by atoms with van der Waals surface area (Å²) in [5, 5.41) is 22.0. The summed E-state index contributed by atoms with van der Waals surface area (Å²) in [5.74, 6) is -1.71. The molecule has 0 saturated carbocycles. The van der Waals surface area contributed by atoms with Crippen LogP contribution in [0.25, 0.3) is 10.8 Å². The van der Waals surface area contributed by atoms with Gasteiger partial charge >= 0.3 is 0 Å². The lowest BCUT2D eigenvalue weighted by molar-refractivity contribution is -0.108. The van der Waals surface area contributed by atoms with E-state index in [-0.39, 0.29) is 22.1 Å². The van der Waals surface area contributed by atoms with Crippen molar-refractivity contribution in [1.82, 2.24) is 5.32 Å². The van der Waals surface area contributed by atoms with Gasteiger partial charge in [0.2, 0.25) is 6.41 Å². The highest BCUT2D eigenvalue weighted by molar-refractivity contribution is 6.37. The first-order valence-corrected chi connectivity index (χ1v) is 19.5. The van der Waals surface area contributed by atoms with E-state index < -0.39 is 17.7 Å². The van der Waals surface area contributed by atoms with E-state index in [0.29, 0.717) is 39.6 Å². The van der Waals surface area contributed by atoms with Crippen LogP contribution in [-0.4, -0.2) is 24.1 Å². The molecular formula is C51H38N6O4. The summed E-state index contributed by atoms with van der Waals surface area (Å²) in [4.78, 5) is 57.4. The van der Waals surface area contributed by atoms with Crippen LogP contribution >= 0.6 is 0 Å². The molecule has 0 fully saturated rings. The quantitative estimate of drug-likeness (QED) is 0.113. The second-order valence-electron chi connectivity index (χ2n) is 15.7. The van der Waals surface area contributed by atoms with E-state index in [1.54, 1.807) is 55.5 Å². The number of hydrogen-bond acceptors (Lipinski definition) is 8. The normalized spacial score (nSPS) is 12.1. The molecule has 0 radical (unpaired) electrons. The maximum atomic E-state index is 14.1. The SMILES string of the molecule is Cc1ccc2c3c(ccc(C(=O)NC=O)c13)C(=O)N(c1ccc(N(c3ccc(C#N)cc3)c3ccc(N(c4ccc(C#N)cc4)c4ccc(C(C)(C)C)cc4)cc3)cc1)C2=O. The largest absolute Gasteiger partial charge is 0.311 e. The van der Waals surface area contributed by atoms with Crippen LogP contribution in [0.3, 0.4) is 0 Å². The molecule has 0 bridgehead atoms. The molecule has 1 aliphatic heterocycles. The van der Waals surface area contributed by atoms with Crippen LogP contribution in [0.1, 0.15) is 74.1 Å². The molecule has 296 valence electrons. The first-order chi connectivity index (χ1) is 29.4. The molecule has 1 aliphatic rings. The molecule has 10 heteroatoms. The van der Waals surface area contributed by atoms with E-state index in [9.17, 15) is 29.7 Å². The van der Waals surface area contributed by atoms with Crippen molar-refractivity contribution in [2.75, 3.05) is 14.7 Å². The minimum Gasteiger partial charge on any atom is -0.311 e. The fourth-order valence-corrected chi connectivity index (χ4v) is 7.79. The zero-order valence-electron chi connectivity index (χ0n) is 33.8. The van der Waals surface area contributed by atoms with E-state index in [4.69, 9.17) is 0 Å². The Morgan fingerprint density at radius 2 is 0.967 bits per heavy atom. The van der Waals surface area contributed by atoms with Gasteiger partial charge in [0.25, 0.3) is 17.7 Å². The van der Waals surface area contributed by atoms with E-state index >= 15 is 0 Å². The van der Waals surface area contributed by atoms with Crippen molar-refractivity contribution in [2.45, 2.75) is 33.1 Å². The van der Waals surface area contributed by atoms with Crippen molar-refractivity contribution < 1.29 is 19.2 Å². The van der Waals surface area contributed by atoms with E-state index in [1.165, 1.54) is 17.7 Å². The Labute approximate surface area is 353 Å². The molecule has 0 aliphatic carbocycles. The highest BCUT2D eigenvalue weighted by atomic mass is 16.2. The Morgan fingerprint density at radius 1 is 0.574 bits per heavy atom. The Balaban J connectivity index is 1.16. The Kier molecular flexibility index (Phi) is 10.2. The molecule has 0 spiro atoms. The lowest BCUT2D eigenvalue weighted by atomic mass is 9.87. The molecule has 8 rings (SSSR count). The molecular weight excluding hydrogens is 761 g/mol. The molecule has 0 saturated heterocycles. The van der Waals surface area contributed by atoms with Gasteiger partial charge in [0.05, 0.1) is 29.0 Å². The molecule has 7 aromatic carbocycles. The van der Waals surface area contributed by atoms with Crippen LogP contribution < -0.4 is 20.0 Å². The minimum atomic E-state index is -0.629. The predicted octanol–water partition coefficient (Wildman–Crippen LogP) is 10.8. The van der Waals surface area contributed by atoms with Gasteiger partial charge in [0.15, 0.2) is 0 Å². The van der Waals surface area contributed by atoms with Crippen molar-refractivity contribution in [2.24, 2.45) is 0 Å². The Hall–Kier alpha value is -8.34. The maximum absolute atomic E-state index is 14.1. The van der Waals surface area contributed by atoms with Gasteiger partial charge in [-0.05, 0) is 156 Å². The van der Waals surface area contributed by atoms with Crippen molar-refractivity contribution in [1.29, 1.82) is 10.5 Å². The maximum Gasteiger partial charge on any atom is 0.265 e. The highest BCUT2D eigenvalue weighted by Gasteiger charge is 2.35. The average molecular weight is 799 g/mol. The van der Waals surface area contributed by atoms with Crippen LogP contribution in [0, 0.1) is 29.6 Å². The molecule has 0 atom stereocenters. The Morgan fingerprint density at radius 3 is 1.38 bits per heavy atom. The monoisotopic (exact) mass is 798 g/mol. The first kappa shape index (κ1) is 39.5. The second-order valence-corrected chi connectivity index (χ2v) is 15.7.